The maximum absolute atomic E-state index is 10.5. The molecular formula is C16H32NO4+. The molecule has 0 amide bonds. The first kappa shape index (κ1) is 22.1. The summed E-state index contributed by atoms with van der Waals surface area (Å²) in [6.07, 6.45) is 6.45. The highest BCUT2D eigenvalue weighted by atomic mass is 16.5. The van der Waals surface area contributed by atoms with Crippen LogP contribution in [0.5, 0.6) is 0 Å². The summed E-state index contributed by atoms with van der Waals surface area (Å²) in [4.78, 5) is 32.0. The van der Waals surface area contributed by atoms with Gasteiger partial charge in [0.2, 0.25) is 0 Å². The van der Waals surface area contributed by atoms with Crippen LogP contribution in [0.1, 0.15) is 58.8 Å². The van der Waals surface area contributed by atoms with Crippen LogP contribution in [0.3, 0.4) is 0 Å². The van der Waals surface area contributed by atoms with Crippen molar-refractivity contribution in [3.8, 4) is 0 Å². The number of nitrogens with one attached hydrogen (secondary N) is 1. The monoisotopic (exact) mass is 302 g/mol. The molecule has 0 bridgehead atoms. The molecule has 0 aliphatic heterocycles. The summed E-state index contributed by atoms with van der Waals surface area (Å²) in [6, 6.07) is 0. The van der Waals surface area contributed by atoms with Crippen LogP contribution in [0.25, 0.3) is 0 Å². The molecule has 0 aliphatic rings. The Hall–Kier alpha value is -1.23. The van der Waals surface area contributed by atoms with Gasteiger partial charge >= 0.3 is 0 Å². The van der Waals surface area contributed by atoms with Crippen molar-refractivity contribution < 1.29 is 24.0 Å². The molecule has 0 aromatic carbocycles. The van der Waals surface area contributed by atoms with E-state index in [-0.39, 0.29) is 5.78 Å². The van der Waals surface area contributed by atoms with Gasteiger partial charge in [0.15, 0.2) is 0 Å². The van der Waals surface area contributed by atoms with Crippen LogP contribution in [-0.4, -0.2) is 45.3 Å². The van der Waals surface area contributed by atoms with Crippen LogP contribution in [0.15, 0.2) is 0 Å². The molecule has 0 rings (SSSR count). The van der Waals surface area contributed by atoms with E-state index in [0.29, 0.717) is 25.3 Å². The predicted molar refractivity (Wildman–Crippen MR) is 83.4 cm³/mol. The quantitative estimate of drug-likeness (QED) is 0.434. The fourth-order valence-electron chi connectivity index (χ4n) is 1.64. The Bertz CT molecular complexity index is 277. The van der Waals surface area contributed by atoms with E-state index in [9.17, 15) is 14.4 Å². The topological polar surface area (TPSA) is 64.9 Å². The third kappa shape index (κ3) is 27.8. The lowest BCUT2D eigenvalue weighted by atomic mass is 10.1. The second kappa shape index (κ2) is 16.8. The first-order chi connectivity index (χ1) is 9.90. The Morgan fingerprint density at radius 3 is 1.86 bits per heavy atom. The van der Waals surface area contributed by atoms with E-state index in [1.54, 1.807) is 13.8 Å². The second-order valence-corrected chi connectivity index (χ2v) is 5.60. The molecule has 0 saturated heterocycles. The van der Waals surface area contributed by atoms with Gasteiger partial charge in [0.25, 0.3) is 6.47 Å². The molecule has 5 nitrogen and oxygen atoms in total. The Balaban J connectivity index is 0. The number of rotatable bonds is 12. The zero-order valence-corrected chi connectivity index (χ0v) is 14.1. The van der Waals surface area contributed by atoms with Crippen molar-refractivity contribution in [2.45, 2.75) is 58.8 Å². The number of ether oxygens (including phenoxy) is 1. The van der Waals surface area contributed by atoms with Gasteiger partial charge in [-0.2, -0.15) is 0 Å². The molecular weight excluding hydrogens is 270 g/mol. The van der Waals surface area contributed by atoms with E-state index in [1.807, 2.05) is 0 Å². The fourth-order valence-corrected chi connectivity index (χ4v) is 1.64. The minimum atomic E-state index is 0.186. The standard InChI is InChI=1S/C9H19NO.C7H12O3/c1-9(11)7-5-4-6-8-10(2)3;1-7(9)4-2-3-5-10-6-8/h4-8H2,1-3H3;6H,2-5H2,1H3/p+1. The van der Waals surface area contributed by atoms with Crippen molar-refractivity contribution in [2.24, 2.45) is 0 Å². The molecule has 0 aromatic heterocycles. The van der Waals surface area contributed by atoms with Gasteiger partial charge in [0.05, 0.1) is 27.2 Å². The first-order valence-corrected chi connectivity index (χ1v) is 7.73. The van der Waals surface area contributed by atoms with E-state index in [2.05, 4.69) is 18.8 Å². The van der Waals surface area contributed by atoms with Gasteiger partial charge < -0.3 is 19.2 Å². The Labute approximate surface area is 129 Å². The number of ketones is 2. The van der Waals surface area contributed by atoms with E-state index >= 15 is 0 Å². The van der Waals surface area contributed by atoms with Gasteiger partial charge in [-0.25, -0.2) is 0 Å². The molecule has 124 valence electrons. The number of Topliss-reactive ketones (excluding diaryl/α,β-unsaturated/α-hetero) is 2. The van der Waals surface area contributed by atoms with Crippen molar-refractivity contribution in [3.05, 3.63) is 0 Å². The molecule has 1 N–H and O–H groups in total. The smallest absolute Gasteiger partial charge is 0.293 e. The van der Waals surface area contributed by atoms with Crippen molar-refractivity contribution in [1.82, 2.24) is 0 Å². The summed E-state index contributed by atoms with van der Waals surface area (Å²) in [5, 5.41) is 0. The number of unbranched alkanes of at least 4 members (excludes halogenated alkanes) is 3. The minimum Gasteiger partial charge on any atom is -0.468 e. The summed E-state index contributed by atoms with van der Waals surface area (Å²) in [5.41, 5.74) is 0. The number of carbonyl (C=O) groups is 3. The van der Waals surface area contributed by atoms with Gasteiger partial charge in [-0.05, 0) is 46.0 Å². The van der Waals surface area contributed by atoms with E-state index < -0.39 is 0 Å². The molecule has 0 heterocycles. The van der Waals surface area contributed by atoms with Crippen molar-refractivity contribution in [1.29, 1.82) is 0 Å². The molecule has 21 heavy (non-hydrogen) atoms. The number of hydrogen-bond donors (Lipinski definition) is 1. The summed E-state index contributed by atoms with van der Waals surface area (Å²) in [6.45, 7) is 5.29. The Kier molecular flexibility index (Phi) is 17.7. The number of hydrogen-bond acceptors (Lipinski definition) is 4. The molecule has 0 aromatic rings. The normalized spacial score (nSPS) is 9.76. The van der Waals surface area contributed by atoms with Crippen LogP contribution in [0.4, 0.5) is 0 Å². The van der Waals surface area contributed by atoms with Crippen molar-refractivity contribution in [3.63, 3.8) is 0 Å². The first-order valence-electron chi connectivity index (χ1n) is 7.73. The molecule has 0 radical (unpaired) electrons. The number of carbonyl (C=O) groups excluding carboxylic acids is 3. The second-order valence-electron chi connectivity index (χ2n) is 5.60. The van der Waals surface area contributed by atoms with Crippen LogP contribution < -0.4 is 4.90 Å². The summed E-state index contributed by atoms with van der Waals surface area (Å²) >= 11 is 0. The van der Waals surface area contributed by atoms with Crippen molar-refractivity contribution in [2.75, 3.05) is 27.2 Å². The molecule has 0 unspecified atom stereocenters. The highest BCUT2D eigenvalue weighted by Crippen LogP contribution is 1.98. The van der Waals surface area contributed by atoms with Gasteiger partial charge in [-0.15, -0.1) is 0 Å². The van der Waals surface area contributed by atoms with Gasteiger partial charge in [0, 0.05) is 12.8 Å². The molecule has 0 saturated carbocycles. The third-order valence-electron chi connectivity index (χ3n) is 2.81. The van der Waals surface area contributed by atoms with Gasteiger partial charge in [0.1, 0.15) is 11.6 Å². The maximum Gasteiger partial charge on any atom is 0.293 e. The molecule has 0 aliphatic carbocycles. The predicted octanol–water partition coefficient (Wildman–Crippen LogP) is 1.20. The average molecular weight is 302 g/mol. The van der Waals surface area contributed by atoms with Crippen LogP contribution >= 0.6 is 0 Å². The molecule has 0 fully saturated rings. The van der Waals surface area contributed by atoms with Crippen molar-refractivity contribution >= 4 is 18.0 Å². The molecule has 0 spiro atoms. The zero-order valence-electron chi connectivity index (χ0n) is 14.1. The minimum absolute atomic E-state index is 0.186. The maximum atomic E-state index is 10.5. The largest absolute Gasteiger partial charge is 0.468 e. The zero-order chi connectivity index (χ0) is 16.5. The molecule has 5 heteroatoms. The summed E-state index contributed by atoms with van der Waals surface area (Å²) < 4.78 is 4.42. The average Bonchev–Trinajstić information content (AvgIpc) is 2.38. The van der Waals surface area contributed by atoms with Crippen LogP contribution in [0.2, 0.25) is 0 Å². The lowest BCUT2D eigenvalue weighted by Gasteiger charge is -2.05. The van der Waals surface area contributed by atoms with E-state index in [1.165, 1.54) is 24.3 Å². The highest BCUT2D eigenvalue weighted by Gasteiger charge is 1.96. The highest BCUT2D eigenvalue weighted by molar-refractivity contribution is 5.75. The van der Waals surface area contributed by atoms with Crippen LogP contribution in [0, 0.1) is 0 Å². The summed E-state index contributed by atoms with van der Waals surface area (Å²) in [7, 11) is 4.32. The van der Waals surface area contributed by atoms with E-state index in [0.717, 1.165) is 25.7 Å². The fraction of sp³-hybridized carbons (Fsp3) is 0.812. The molecule has 0 atom stereocenters. The van der Waals surface area contributed by atoms with Gasteiger partial charge in [-0.3, -0.25) is 4.79 Å². The number of quaternary nitrogens is 1. The Morgan fingerprint density at radius 1 is 0.905 bits per heavy atom. The SMILES string of the molecule is CC(=O)CCCCC[NH+](C)C.CC(=O)CCCCOC=O. The van der Waals surface area contributed by atoms with Gasteiger partial charge in [-0.1, -0.05) is 0 Å². The lowest BCUT2D eigenvalue weighted by Crippen LogP contribution is -3.05. The lowest BCUT2D eigenvalue weighted by molar-refractivity contribution is -0.858. The summed E-state index contributed by atoms with van der Waals surface area (Å²) in [5.74, 6) is 0.508. The van der Waals surface area contributed by atoms with E-state index in [4.69, 9.17) is 0 Å². The Morgan fingerprint density at radius 2 is 1.43 bits per heavy atom. The van der Waals surface area contributed by atoms with Crippen LogP contribution in [-0.2, 0) is 19.1 Å². The third-order valence-corrected chi connectivity index (χ3v) is 2.81.